The molecular weight excluding hydrogens is 432 g/mol. The highest BCUT2D eigenvalue weighted by Gasteiger charge is 2.63. The Morgan fingerprint density at radius 2 is 1.63 bits per heavy atom. The van der Waals surface area contributed by atoms with Crippen LogP contribution < -0.4 is 0 Å². The van der Waals surface area contributed by atoms with Crippen molar-refractivity contribution < 1.29 is 15.3 Å². The van der Waals surface area contributed by atoms with E-state index in [2.05, 4.69) is 54.5 Å². The van der Waals surface area contributed by atoms with Crippen molar-refractivity contribution >= 4 is 0 Å². The van der Waals surface area contributed by atoms with E-state index in [4.69, 9.17) is 0 Å². The van der Waals surface area contributed by atoms with E-state index >= 15 is 0 Å². The summed E-state index contributed by atoms with van der Waals surface area (Å²) in [7, 11) is 0. The first-order valence-corrected chi connectivity index (χ1v) is 15.2. The van der Waals surface area contributed by atoms with Crippen LogP contribution in [0.15, 0.2) is 11.6 Å². The van der Waals surface area contributed by atoms with Crippen LogP contribution in [0.1, 0.15) is 126 Å². The molecule has 0 aliphatic heterocycles. The number of hydrogen-bond donors (Lipinski definition) is 3. The quantitative estimate of drug-likeness (QED) is 0.248. The Kier molecular flexibility index (Phi) is 7.69. The van der Waals surface area contributed by atoms with Crippen LogP contribution in [0, 0.1) is 45.8 Å². The molecule has 0 spiro atoms. The summed E-state index contributed by atoms with van der Waals surface area (Å²) in [6.45, 7) is 16.1. The molecule has 9 atom stereocenters. The van der Waals surface area contributed by atoms with Gasteiger partial charge in [0, 0.05) is 5.41 Å². The van der Waals surface area contributed by atoms with Gasteiger partial charge in [-0.05, 0) is 98.2 Å². The van der Waals surface area contributed by atoms with Crippen LogP contribution >= 0.6 is 0 Å². The standard InChI is InChI=1S/C32H56O3/c1-8-32(35,9-2)17-11-10-12-21(3)22-13-14-23-28-24(15-18-30(22,23)6)31(7)19-16-27(34)29(4,5)26(31)20-25(28)33/h20-25,27-28,33-35H,8-19H2,1-7H3/t21-,22-,23+,24+,25+,27+,28+,30-,31-/m1/s1. The minimum absolute atomic E-state index is 0.118. The molecule has 0 bridgehead atoms. The van der Waals surface area contributed by atoms with Crippen LogP contribution in [0.3, 0.4) is 0 Å². The van der Waals surface area contributed by atoms with Gasteiger partial charge in [0.2, 0.25) is 0 Å². The molecule has 4 aliphatic rings. The predicted octanol–water partition coefficient (Wildman–Crippen LogP) is 7.28. The number of fused-ring (bicyclic) bond motifs is 5. The Morgan fingerprint density at radius 3 is 2.29 bits per heavy atom. The van der Waals surface area contributed by atoms with E-state index in [0.29, 0.717) is 29.1 Å². The molecule has 3 nitrogen and oxygen atoms in total. The summed E-state index contributed by atoms with van der Waals surface area (Å²) in [5, 5.41) is 33.0. The fraction of sp³-hybridized carbons (Fsp3) is 0.938. The predicted molar refractivity (Wildman–Crippen MR) is 145 cm³/mol. The third-order valence-corrected chi connectivity index (χ3v) is 12.6. The topological polar surface area (TPSA) is 60.7 Å². The van der Waals surface area contributed by atoms with Crippen LogP contribution in [-0.4, -0.2) is 33.1 Å². The first kappa shape index (κ1) is 27.6. The first-order chi connectivity index (χ1) is 16.3. The van der Waals surface area contributed by atoms with Crippen molar-refractivity contribution in [1.29, 1.82) is 0 Å². The van der Waals surface area contributed by atoms with E-state index in [0.717, 1.165) is 44.4 Å². The van der Waals surface area contributed by atoms with Gasteiger partial charge in [-0.2, -0.15) is 0 Å². The van der Waals surface area contributed by atoms with Gasteiger partial charge < -0.3 is 15.3 Å². The lowest BCUT2D eigenvalue weighted by Gasteiger charge is -2.62. The van der Waals surface area contributed by atoms with Crippen molar-refractivity contribution in [2.75, 3.05) is 0 Å². The third kappa shape index (κ3) is 4.48. The summed E-state index contributed by atoms with van der Waals surface area (Å²) < 4.78 is 0. The highest BCUT2D eigenvalue weighted by molar-refractivity contribution is 5.33. The highest BCUT2D eigenvalue weighted by atomic mass is 16.3. The van der Waals surface area contributed by atoms with Crippen molar-refractivity contribution in [3.8, 4) is 0 Å². The van der Waals surface area contributed by atoms with Gasteiger partial charge in [0.15, 0.2) is 0 Å². The van der Waals surface area contributed by atoms with Crippen molar-refractivity contribution in [3.05, 3.63) is 11.6 Å². The molecule has 4 rings (SSSR count). The average molecular weight is 489 g/mol. The number of hydrogen-bond acceptors (Lipinski definition) is 3. The molecule has 4 aliphatic carbocycles. The van der Waals surface area contributed by atoms with E-state index in [1.165, 1.54) is 44.1 Å². The monoisotopic (exact) mass is 488 g/mol. The molecular formula is C32H56O3. The Labute approximate surface area is 216 Å². The molecule has 0 aromatic carbocycles. The minimum Gasteiger partial charge on any atom is -0.392 e. The Bertz CT molecular complexity index is 782. The van der Waals surface area contributed by atoms with Gasteiger partial charge in [-0.15, -0.1) is 0 Å². The Morgan fingerprint density at radius 1 is 0.943 bits per heavy atom. The fourth-order valence-corrected chi connectivity index (χ4v) is 10.0. The molecule has 0 aromatic rings. The summed E-state index contributed by atoms with van der Waals surface area (Å²) in [6.07, 6.45) is 14.8. The van der Waals surface area contributed by atoms with Gasteiger partial charge in [-0.25, -0.2) is 0 Å². The maximum absolute atomic E-state index is 11.6. The zero-order valence-electron chi connectivity index (χ0n) is 23.9. The van der Waals surface area contributed by atoms with Crippen molar-refractivity contribution in [3.63, 3.8) is 0 Å². The zero-order valence-corrected chi connectivity index (χ0v) is 23.9. The summed E-state index contributed by atoms with van der Waals surface area (Å²) in [5.41, 5.74) is 1.08. The molecule has 0 radical (unpaired) electrons. The normalized spacial score (nSPS) is 43.7. The van der Waals surface area contributed by atoms with Crippen molar-refractivity contribution in [2.24, 2.45) is 45.8 Å². The molecule has 0 saturated heterocycles. The Hall–Kier alpha value is -0.380. The third-order valence-electron chi connectivity index (χ3n) is 12.6. The molecule has 3 saturated carbocycles. The van der Waals surface area contributed by atoms with Crippen LogP contribution in [0.4, 0.5) is 0 Å². The second-order valence-electron chi connectivity index (χ2n) is 14.4. The van der Waals surface area contributed by atoms with Crippen LogP contribution in [-0.2, 0) is 0 Å². The molecule has 3 heteroatoms. The summed E-state index contributed by atoms with van der Waals surface area (Å²) in [5.74, 6) is 2.98. The molecule has 0 unspecified atom stereocenters. The first-order valence-electron chi connectivity index (χ1n) is 15.2. The smallest absolute Gasteiger partial charge is 0.0757 e. The lowest BCUT2D eigenvalue weighted by molar-refractivity contribution is -0.111. The van der Waals surface area contributed by atoms with Gasteiger partial charge in [-0.1, -0.05) is 79.4 Å². The van der Waals surface area contributed by atoms with Gasteiger partial charge >= 0.3 is 0 Å². The van der Waals surface area contributed by atoms with E-state index < -0.39 is 5.60 Å². The molecule has 0 aromatic heterocycles. The number of rotatable bonds is 8. The lowest BCUT2D eigenvalue weighted by Crippen LogP contribution is -2.58. The lowest BCUT2D eigenvalue weighted by atomic mass is 9.43. The molecule has 3 N–H and O–H groups in total. The maximum Gasteiger partial charge on any atom is 0.0757 e. The van der Waals surface area contributed by atoms with Gasteiger partial charge in [0.1, 0.15) is 0 Å². The van der Waals surface area contributed by atoms with Crippen LogP contribution in [0.5, 0.6) is 0 Å². The fourth-order valence-electron chi connectivity index (χ4n) is 10.0. The second kappa shape index (κ2) is 9.73. The molecule has 3 fully saturated rings. The summed E-state index contributed by atoms with van der Waals surface area (Å²) >= 11 is 0. The Balaban J connectivity index is 1.47. The molecule has 0 amide bonds. The molecule has 202 valence electrons. The van der Waals surface area contributed by atoms with E-state index in [-0.39, 0.29) is 23.0 Å². The summed E-state index contributed by atoms with van der Waals surface area (Å²) in [6, 6.07) is 0. The second-order valence-corrected chi connectivity index (χ2v) is 14.4. The largest absolute Gasteiger partial charge is 0.392 e. The van der Waals surface area contributed by atoms with E-state index in [1.54, 1.807) is 0 Å². The van der Waals surface area contributed by atoms with E-state index in [9.17, 15) is 15.3 Å². The number of aliphatic hydroxyl groups excluding tert-OH is 2. The average Bonchev–Trinajstić information content (AvgIpc) is 3.18. The minimum atomic E-state index is -0.463. The highest BCUT2D eigenvalue weighted by Crippen LogP contribution is 2.69. The zero-order chi connectivity index (χ0) is 25.8. The summed E-state index contributed by atoms with van der Waals surface area (Å²) in [4.78, 5) is 0. The van der Waals surface area contributed by atoms with Crippen molar-refractivity contribution in [1.82, 2.24) is 0 Å². The number of unbranched alkanes of at least 4 members (excludes halogenated alkanes) is 1. The number of aliphatic hydroxyl groups is 3. The maximum atomic E-state index is 11.6. The molecule has 35 heavy (non-hydrogen) atoms. The van der Waals surface area contributed by atoms with Gasteiger partial charge in [0.05, 0.1) is 17.8 Å². The van der Waals surface area contributed by atoms with Crippen molar-refractivity contribution in [2.45, 2.75) is 143 Å². The molecule has 0 heterocycles. The van der Waals surface area contributed by atoms with Crippen LogP contribution in [0.2, 0.25) is 0 Å². The van der Waals surface area contributed by atoms with Gasteiger partial charge in [-0.3, -0.25) is 0 Å². The SMILES string of the molecule is CCC(O)(CC)CCCC[C@@H](C)[C@H]1CC[C@H]2[C@@H]3[C@@H](O)C=C4C(C)(C)[C@@H](O)CC[C@]4(C)[C@H]3CC[C@]12C. The van der Waals surface area contributed by atoms with Crippen LogP contribution in [0.25, 0.3) is 0 Å². The van der Waals surface area contributed by atoms with E-state index in [1.807, 2.05) is 0 Å². The van der Waals surface area contributed by atoms with Gasteiger partial charge in [0.25, 0.3) is 0 Å².